The van der Waals surface area contributed by atoms with Gasteiger partial charge in [0.15, 0.2) is 6.23 Å². The van der Waals surface area contributed by atoms with Crippen LogP contribution in [0, 0.1) is 0 Å². The summed E-state index contributed by atoms with van der Waals surface area (Å²) in [4.78, 5) is 32.9. The highest BCUT2D eigenvalue weighted by molar-refractivity contribution is 7.46. The molecule has 0 radical (unpaired) electrons. The van der Waals surface area contributed by atoms with E-state index in [9.17, 15) is 9.36 Å². The maximum absolute atomic E-state index is 11.7. The molecular formula is C9H14N3O7P. The van der Waals surface area contributed by atoms with Crippen LogP contribution in [0.3, 0.4) is 0 Å². The second-order valence-corrected chi connectivity index (χ2v) is 5.44. The van der Waals surface area contributed by atoms with Crippen LogP contribution < -0.4 is 11.4 Å². The Balaban J connectivity index is 2.31. The third-order valence-corrected chi connectivity index (χ3v) is 3.29. The third-order valence-electron chi connectivity index (χ3n) is 2.75. The van der Waals surface area contributed by atoms with Gasteiger partial charge in [-0.3, -0.25) is 9.09 Å². The molecular weight excluding hydrogens is 293 g/mol. The van der Waals surface area contributed by atoms with Crippen molar-refractivity contribution in [2.45, 2.75) is 24.9 Å². The highest BCUT2D eigenvalue weighted by Gasteiger charge is 2.41. The summed E-state index contributed by atoms with van der Waals surface area (Å²) >= 11 is 0. The van der Waals surface area contributed by atoms with Crippen LogP contribution >= 0.6 is 7.82 Å². The predicted octanol–water partition coefficient (Wildman–Crippen LogP) is -1.42. The molecule has 11 heteroatoms. The molecule has 0 saturated carbocycles. The topological polar surface area (TPSA) is 157 Å². The van der Waals surface area contributed by atoms with Gasteiger partial charge in [0.05, 0.1) is 12.7 Å². The molecule has 1 aliphatic heterocycles. The number of ether oxygens (including phenoxy) is 1. The van der Waals surface area contributed by atoms with Crippen LogP contribution in [0.25, 0.3) is 0 Å². The molecule has 0 amide bonds. The number of nitrogens with two attached hydrogens (primary N) is 1. The van der Waals surface area contributed by atoms with Crippen molar-refractivity contribution in [3.63, 3.8) is 0 Å². The molecule has 2 heterocycles. The highest BCUT2D eigenvalue weighted by Crippen LogP contribution is 2.44. The zero-order chi connectivity index (χ0) is 14.9. The van der Waals surface area contributed by atoms with E-state index in [0.29, 0.717) is 0 Å². The molecule has 1 fully saturated rings. The van der Waals surface area contributed by atoms with E-state index in [4.69, 9.17) is 25.4 Å². The van der Waals surface area contributed by atoms with Gasteiger partial charge in [0, 0.05) is 12.6 Å². The first-order valence-electron chi connectivity index (χ1n) is 5.65. The molecule has 0 aliphatic carbocycles. The number of hydrogen-bond acceptors (Lipinski definition) is 7. The lowest BCUT2D eigenvalue weighted by atomic mass is 10.2. The molecule has 5 N–H and O–H groups in total. The average Bonchev–Trinajstić information content (AvgIpc) is 2.70. The van der Waals surface area contributed by atoms with Crippen molar-refractivity contribution in [2.24, 2.45) is 0 Å². The first-order valence-corrected chi connectivity index (χ1v) is 7.18. The quantitative estimate of drug-likeness (QED) is 0.490. The number of nitrogen functional groups attached to an aromatic ring is 1. The van der Waals surface area contributed by atoms with Gasteiger partial charge in [-0.1, -0.05) is 0 Å². The minimum atomic E-state index is -4.76. The first-order chi connectivity index (χ1) is 9.30. The van der Waals surface area contributed by atoms with Crippen LogP contribution in [0.1, 0.15) is 12.6 Å². The first kappa shape index (κ1) is 15.1. The van der Waals surface area contributed by atoms with Gasteiger partial charge in [0.25, 0.3) is 0 Å². The van der Waals surface area contributed by atoms with Crippen molar-refractivity contribution < 1.29 is 28.7 Å². The minimum absolute atomic E-state index is 0.00964. The van der Waals surface area contributed by atoms with Gasteiger partial charge in [0.2, 0.25) is 0 Å². The highest BCUT2D eigenvalue weighted by atomic mass is 31.2. The number of aromatic nitrogens is 2. The molecule has 3 atom stereocenters. The summed E-state index contributed by atoms with van der Waals surface area (Å²) in [7, 11) is -4.76. The fraction of sp³-hybridized carbons (Fsp3) is 0.556. The van der Waals surface area contributed by atoms with E-state index in [1.807, 2.05) is 0 Å². The predicted molar refractivity (Wildman–Crippen MR) is 65.4 cm³/mol. The Labute approximate surface area is 113 Å². The molecule has 0 spiro atoms. The third kappa shape index (κ3) is 3.42. The van der Waals surface area contributed by atoms with E-state index < -0.39 is 31.9 Å². The summed E-state index contributed by atoms with van der Waals surface area (Å²) in [5, 5.41) is 9.06. The van der Waals surface area contributed by atoms with Gasteiger partial charge in [-0.15, -0.1) is 0 Å². The van der Waals surface area contributed by atoms with Crippen molar-refractivity contribution in [1.29, 1.82) is 0 Å². The Morgan fingerprint density at radius 2 is 2.30 bits per heavy atom. The molecule has 2 rings (SSSR count). The Hall–Kier alpha value is -1.29. The van der Waals surface area contributed by atoms with Crippen LogP contribution in [0.4, 0.5) is 5.82 Å². The summed E-state index contributed by atoms with van der Waals surface area (Å²) in [6.07, 6.45) is -1.56. The van der Waals surface area contributed by atoms with Gasteiger partial charge in [-0.2, -0.15) is 4.98 Å². The van der Waals surface area contributed by atoms with Gasteiger partial charge >= 0.3 is 13.5 Å². The number of phosphoric ester groups is 1. The monoisotopic (exact) mass is 307 g/mol. The fourth-order valence-electron chi connectivity index (χ4n) is 1.97. The van der Waals surface area contributed by atoms with Crippen molar-refractivity contribution in [2.75, 3.05) is 12.3 Å². The number of rotatable bonds is 4. The zero-order valence-electron chi connectivity index (χ0n) is 10.2. The Bertz CT molecular complexity index is 585. The summed E-state index contributed by atoms with van der Waals surface area (Å²) in [5.74, 6) is 0.00964. The van der Waals surface area contributed by atoms with Crippen LogP contribution in [-0.2, 0) is 13.8 Å². The lowest BCUT2D eigenvalue weighted by Crippen LogP contribution is -2.32. The molecule has 0 bridgehead atoms. The van der Waals surface area contributed by atoms with Crippen LogP contribution in [-0.4, -0.2) is 43.3 Å². The van der Waals surface area contributed by atoms with E-state index in [2.05, 4.69) is 9.51 Å². The van der Waals surface area contributed by atoms with Gasteiger partial charge in [-0.05, 0) is 6.07 Å². The molecule has 112 valence electrons. The second kappa shape index (κ2) is 5.60. The minimum Gasteiger partial charge on any atom is -0.394 e. The van der Waals surface area contributed by atoms with Crippen molar-refractivity contribution in [1.82, 2.24) is 9.55 Å². The number of aliphatic hydroxyl groups is 1. The number of aliphatic hydroxyl groups excluding tert-OH is 1. The molecule has 1 aliphatic rings. The van der Waals surface area contributed by atoms with E-state index in [-0.39, 0.29) is 18.8 Å². The lowest BCUT2D eigenvalue weighted by molar-refractivity contribution is -0.0519. The molecule has 0 aromatic carbocycles. The zero-order valence-corrected chi connectivity index (χ0v) is 11.1. The van der Waals surface area contributed by atoms with Gasteiger partial charge < -0.3 is 25.4 Å². The van der Waals surface area contributed by atoms with Crippen molar-refractivity contribution in [3.05, 3.63) is 22.7 Å². The maximum Gasteiger partial charge on any atom is 0.470 e. The van der Waals surface area contributed by atoms with Gasteiger partial charge in [-0.25, -0.2) is 9.36 Å². The fourth-order valence-corrected chi connectivity index (χ4v) is 2.51. The Morgan fingerprint density at radius 3 is 2.85 bits per heavy atom. The summed E-state index contributed by atoms with van der Waals surface area (Å²) in [6.45, 7) is -0.366. The van der Waals surface area contributed by atoms with Gasteiger partial charge in [0.1, 0.15) is 11.9 Å². The van der Waals surface area contributed by atoms with E-state index in [1.165, 1.54) is 12.3 Å². The summed E-state index contributed by atoms with van der Waals surface area (Å²) < 4.78 is 21.9. The lowest BCUT2D eigenvalue weighted by Gasteiger charge is -2.20. The average molecular weight is 307 g/mol. The van der Waals surface area contributed by atoms with E-state index in [1.54, 1.807) is 0 Å². The van der Waals surface area contributed by atoms with Crippen LogP contribution in [0.5, 0.6) is 0 Å². The molecule has 1 saturated heterocycles. The molecule has 20 heavy (non-hydrogen) atoms. The van der Waals surface area contributed by atoms with Crippen LogP contribution in [0.2, 0.25) is 0 Å². The molecule has 10 nitrogen and oxygen atoms in total. The number of anilines is 1. The normalized spacial score (nSPS) is 26.9. The number of nitrogens with zero attached hydrogens (tertiary/aromatic N) is 2. The maximum atomic E-state index is 11.7. The number of phosphoric acid groups is 1. The summed E-state index contributed by atoms with van der Waals surface area (Å²) in [5.41, 5.74) is 4.61. The van der Waals surface area contributed by atoms with Crippen molar-refractivity contribution >= 4 is 13.6 Å². The standard InChI is InChI=1S/C9H14N3O7P/c10-7-1-2-12(9(14)11-7)8-6(19-20(15,16)17)3-5(4-13)18-8/h1-2,5-6,8,13H,3-4H2,(H2,10,11,14)(H2,15,16,17)/t5-,6+,8+/m0/s1. The van der Waals surface area contributed by atoms with E-state index in [0.717, 1.165) is 4.57 Å². The van der Waals surface area contributed by atoms with Crippen molar-refractivity contribution in [3.8, 4) is 0 Å². The Kier molecular flexibility index (Phi) is 4.23. The smallest absolute Gasteiger partial charge is 0.394 e. The molecule has 1 aromatic rings. The number of hydrogen-bond donors (Lipinski definition) is 4. The molecule has 1 aromatic heterocycles. The largest absolute Gasteiger partial charge is 0.470 e. The second-order valence-electron chi connectivity index (χ2n) is 4.24. The summed E-state index contributed by atoms with van der Waals surface area (Å²) in [6, 6.07) is 1.34. The molecule has 0 unspecified atom stereocenters. The SMILES string of the molecule is Nc1ccn([C@@H]2O[C@H](CO)C[C@H]2OP(=O)(O)O)c(=O)n1. The van der Waals surface area contributed by atoms with Crippen LogP contribution in [0.15, 0.2) is 17.1 Å². The Morgan fingerprint density at radius 1 is 1.60 bits per heavy atom. The van der Waals surface area contributed by atoms with E-state index >= 15 is 0 Å².